The molecule has 0 radical (unpaired) electrons. The second-order valence-electron chi connectivity index (χ2n) is 6.02. The summed E-state index contributed by atoms with van der Waals surface area (Å²) in [6.45, 7) is 0.409. The number of nitrogens with one attached hydrogen (secondary N) is 1. The molecule has 0 unspecified atom stereocenters. The summed E-state index contributed by atoms with van der Waals surface area (Å²) in [5.41, 5.74) is 0.630. The van der Waals surface area contributed by atoms with E-state index in [4.69, 9.17) is 0 Å². The van der Waals surface area contributed by atoms with Crippen LogP contribution in [-0.4, -0.2) is 33.5 Å². The van der Waals surface area contributed by atoms with Crippen molar-refractivity contribution in [1.82, 2.24) is 20.1 Å². The van der Waals surface area contributed by atoms with Gasteiger partial charge in [0, 0.05) is 24.0 Å². The van der Waals surface area contributed by atoms with Gasteiger partial charge in [-0.25, -0.2) is 4.98 Å². The highest BCUT2D eigenvalue weighted by molar-refractivity contribution is 7.98. The zero-order valence-corrected chi connectivity index (χ0v) is 15.1. The average Bonchev–Trinajstić information content (AvgIpc) is 3.01. The highest BCUT2D eigenvalue weighted by Crippen LogP contribution is 2.35. The fourth-order valence-electron chi connectivity index (χ4n) is 3.18. The molecule has 0 saturated carbocycles. The van der Waals surface area contributed by atoms with Crippen molar-refractivity contribution in [1.29, 1.82) is 0 Å². The van der Waals surface area contributed by atoms with E-state index in [2.05, 4.69) is 15.4 Å². The van der Waals surface area contributed by atoms with E-state index >= 15 is 0 Å². The fraction of sp³-hybridized carbons (Fsp3) is 0.471. The van der Waals surface area contributed by atoms with Crippen LogP contribution in [0.4, 0.5) is 13.2 Å². The van der Waals surface area contributed by atoms with Crippen LogP contribution in [0.1, 0.15) is 40.2 Å². The van der Waals surface area contributed by atoms with E-state index < -0.39 is 11.9 Å². The SMILES string of the molecule is CSc1ncccc1C(=O)NCCn1nc(C(F)(F)F)c2c1CCCC2. The van der Waals surface area contributed by atoms with Crippen LogP contribution >= 0.6 is 11.8 Å². The van der Waals surface area contributed by atoms with Crippen molar-refractivity contribution in [3.63, 3.8) is 0 Å². The van der Waals surface area contributed by atoms with Crippen molar-refractivity contribution >= 4 is 17.7 Å². The number of rotatable bonds is 5. The van der Waals surface area contributed by atoms with E-state index in [-0.39, 0.29) is 19.0 Å². The molecule has 9 heteroatoms. The van der Waals surface area contributed by atoms with Gasteiger partial charge in [-0.15, -0.1) is 11.8 Å². The first-order valence-electron chi connectivity index (χ1n) is 8.34. The van der Waals surface area contributed by atoms with Gasteiger partial charge in [0.1, 0.15) is 5.03 Å². The van der Waals surface area contributed by atoms with Crippen molar-refractivity contribution in [3.05, 3.63) is 40.8 Å². The molecule has 0 aromatic carbocycles. The number of halogens is 3. The third-order valence-electron chi connectivity index (χ3n) is 4.34. The van der Waals surface area contributed by atoms with Crippen molar-refractivity contribution in [2.24, 2.45) is 0 Å². The molecule has 0 fully saturated rings. The van der Waals surface area contributed by atoms with Crippen molar-refractivity contribution in [2.75, 3.05) is 12.8 Å². The van der Waals surface area contributed by atoms with E-state index in [1.54, 1.807) is 18.3 Å². The van der Waals surface area contributed by atoms with Gasteiger partial charge in [0.2, 0.25) is 0 Å². The van der Waals surface area contributed by atoms with Gasteiger partial charge in [0.05, 0.1) is 12.1 Å². The van der Waals surface area contributed by atoms with E-state index in [0.717, 1.165) is 12.8 Å². The number of hydrogen-bond donors (Lipinski definition) is 1. The molecule has 0 bridgehead atoms. The molecule has 3 rings (SSSR count). The molecule has 140 valence electrons. The minimum atomic E-state index is -4.45. The zero-order valence-electron chi connectivity index (χ0n) is 14.3. The molecule has 1 N–H and O–H groups in total. The molecule has 0 saturated heterocycles. The van der Waals surface area contributed by atoms with Crippen LogP contribution in [0.3, 0.4) is 0 Å². The first-order valence-corrected chi connectivity index (χ1v) is 9.57. The Balaban J connectivity index is 1.70. The molecule has 2 aromatic rings. The smallest absolute Gasteiger partial charge is 0.350 e. The van der Waals surface area contributed by atoms with E-state index in [1.165, 1.54) is 16.4 Å². The second-order valence-corrected chi connectivity index (χ2v) is 6.81. The predicted octanol–water partition coefficient (Wildman–Crippen LogP) is 3.33. The number of carbonyl (C=O) groups excluding carboxylic acids is 1. The van der Waals surface area contributed by atoms with Gasteiger partial charge in [-0.3, -0.25) is 9.48 Å². The first-order chi connectivity index (χ1) is 12.4. The topological polar surface area (TPSA) is 59.8 Å². The Morgan fingerprint density at radius 2 is 2.12 bits per heavy atom. The lowest BCUT2D eigenvalue weighted by Gasteiger charge is -2.15. The normalized spacial score (nSPS) is 14.2. The maximum atomic E-state index is 13.2. The Kier molecular flexibility index (Phi) is 5.55. The molecule has 2 aromatic heterocycles. The number of pyridine rings is 1. The summed E-state index contributed by atoms with van der Waals surface area (Å²) in [7, 11) is 0. The van der Waals surface area contributed by atoms with Crippen LogP contribution in [0.5, 0.6) is 0 Å². The summed E-state index contributed by atoms with van der Waals surface area (Å²) in [6.07, 6.45) is 1.59. The minimum absolute atomic E-state index is 0.201. The van der Waals surface area contributed by atoms with E-state index in [0.29, 0.717) is 34.7 Å². The fourth-order valence-corrected chi connectivity index (χ4v) is 3.73. The molecule has 5 nitrogen and oxygen atoms in total. The number of hydrogen-bond acceptors (Lipinski definition) is 4. The molecular formula is C17H19F3N4OS. The van der Waals surface area contributed by atoms with Crippen LogP contribution in [-0.2, 0) is 25.6 Å². The molecule has 1 amide bonds. The summed E-state index contributed by atoms with van der Waals surface area (Å²) in [6, 6.07) is 3.35. The number of carbonyl (C=O) groups is 1. The van der Waals surface area contributed by atoms with Crippen LogP contribution in [0.2, 0.25) is 0 Å². The van der Waals surface area contributed by atoms with Crippen molar-refractivity contribution in [3.8, 4) is 0 Å². The summed E-state index contributed by atoms with van der Waals surface area (Å²) in [5, 5.41) is 7.14. The second kappa shape index (κ2) is 7.69. The van der Waals surface area contributed by atoms with Gasteiger partial charge in [-0.1, -0.05) is 0 Å². The summed E-state index contributed by atoms with van der Waals surface area (Å²) in [4.78, 5) is 16.4. The molecule has 0 atom stereocenters. The number of aromatic nitrogens is 3. The molecule has 2 heterocycles. The number of thioether (sulfide) groups is 1. The molecule has 1 aliphatic rings. The Morgan fingerprint density at radius 3 is 2.85 bits per heavy atom. The Hall–Kier alpha value is -2.03. The lowest BCUT2D eigenvalue weighted by atomic mass is 9.95. The number of alkyl halides is 3. The maximum absolute atomic E-state index is 13.2. The largest absolute Gasteiger partial charge is 0.435 e. The van der Waals surface area contributed by atoms with Gasteiger partial charge in [-0.2, -0.15) is 18.3 Å². The minimum Gasteiger partial charge on any atom is -0.350 e. The quantitative estimate of drug-likeness (QED) is 0.804. The van der Waals surface area contributed by atoms with Gasteiger partial charge >= 0.3 is 6.18 Å². The van der Waals surface area contributed by atoms with E-state index in [1.807, 2.05) is 6.26 Å². The summed E-state index contributed by atoms with van der Waals surface area (Å²) >= 11 is 1.36. The highest BCUT2D eigenvalue weighted by Gasteiger charge is 2.39. The zero-order chi connectivity index (χ0) is 18.7. The van der Waals surface area contributed by atoms with E-state index in [9.17, 15) is 18.0 Å². The average molecular weight is 384 g/mol. The Bertz CT molecular complexity index is 804. The number of fused-ring (bicyclic) bond motifs is 1. The van der Waals surface area contributed by atoms with Crippen LogP contribution in [0.25, 0.3) is 0 Å². The lowest BCUT2D eigenvalue weighted by Crippen LogP contribution is -2.28. The Labute approximate surface area is 153 Å². The van der Waals surface area contributed by atoms with Crippen LogP contribution in [0.15, 0.2) is 23.4 Å². The third kappa shape index (κ3) is 3.87. The van der Waals surface area contributed by atoms with Gasteiger partial charge in [0.25, 0.3) is 5.91 Å². The van der Waals surface area contributed by atoms with Crippen LogP contribution < -0.4 is 5.32 Å². The Morgan fingerprint density at radius 1 is 1.35 bits per heavy atom. The molecule has 1 aliphatic carbocycles. The first kappa shape index (κ1) is 18.8. The molecule has 26 heavy (non-hydrogen) atoms. The summed E-state index contributed by atoms with van der Waals surface area (Å²) in [5.74, 6) is -0.292. The van der Waals surface area contributed by atoms with Crippen molar-refractivity contribution in [2.45, 2.75) is 43.4 Å². The van der Waals surface area contributed by atoms with Gasteiger partial charge in [0.15, 0.2) is 5.69 Å². The van der Waals surface area contributed by atoms with Crippen molar-refractivity contribution < 1.29 is 18.0 Å². The monoisotopic (exact) mass is 384 g/mol. The van der Waals surface area contributed by atoms with Gasteiger partial charge in [-0.05, 0) is 44.1 Å². The number of amides is 1. The van der Waals surface area contributed by atoms with Crippen LogP contribution in [0, 0.1) is 0 Å². The third-order valence-corrected chi connectivity index (χ3v) is 5.06. The highest BCUT2D eigenvalue weighted by atomic mass is 32.2. The lowest BCUT2D eigenvalue weighted by molar-refractivity contribution is -0.142. The summed E-state index contributed by atoms with van der Waals surface area (Å²) < 4.78 is 41.0. The molecule has 0 spiro atoms. The molecular weight excluding hydrogens is 365 g/mol. The molecule has 0 aliphatic heterocycles. The maximum Gasteiger partial charge on any atom is 0.435 e. The van der Waals surface area contributed by atoms with Gasteiger partial charge < -0.3 is 5.32 Å². The standard InChI is InChI=1S/C17H19F3N4OS/c1-26-16-12(6-4-8-22-16)15(25)21-9-10-24-13-7-3-2-5-11(13)14(23-24)17(18,19)20/h4,6,8H,2-3,5,7,9-10H2,1H3,(H,21,25). The number of nitrogens with zero attached hydrogens (tertiary/aromatic N) is 3. The predicted molar refractivity (Wildman–Crippen MR) is 92.2 cm³/mol.